The van der Waals surface area contributed by atoms with Gasteiger partial charge in [-0.25, -0.2) is 4.79 Å². The molecule has 35 heavy (non-hydrogen) atoms. The minimum absolute atomic E-state index is 0.140. The standard InChI is InChI=1S/C26H36ClN3O5/c1-16(2)20(30-15-25(35-23(30)33)10-9-17(13-25)21(28)31)22(32)29-12-11-26(34,24(3,4)14-29)18-5-7-19(27)8-6-18/h5-8,16-17,20,34H,9-15H2,1-4H3,(H2,28,31)/t17?,20-,25?,26+/m1/s1. The molecule has 0 aromatic heterocycles. The second-order valence-electron chi connectivity index (χ2n) is 11.5. The maximum absolute atomic E-state index is 13.8. The van der Waals surface area contributed by atoms with Crippen LogP contribution in [0.15, 0.2) is 24.3 Å². The number of benzene rings is 1. The van der Waals surface area contributed by atoms with Crippen LogP contribution in [0.4, 0.5) is 4.79 Å². The zero-order chi connectivity index (χ0) is 25.8. The van der Waals surface area contributed by atoms with Crippen LogP contribution < -0.4 is 5.73 Å². The van der Waals surface area contributed by atoms with Gasteiger partial charge in [-0.05, 0) is 42.9 Å². The van der Waals surface area contributed by atoms with Crippen LogP contribution in [0.2, 0.25) is 5.02 Å². The summed E-state index contributed by atoms with van der Waals surface area (Å²) in [6.45, 7) is 8.71. The SMILES string of the molecule is CC(C)[C@H](C(=O)N1CC[C@](O)(c2ccc(Cl)cc2)C(C)(C)C1)N1CC2(CCC(C(N)=O)C2)OC1=O. The summed E-state index contributed by atoms with van der Waals surface area (Å²) in [6.07, 6.45) is 1.39. The summed E-state index contributed by atoms with van der Waals surface area (Å²) in [5.74, 6) is -0.982. The molecule has 3 amide bonds. The van der Waals surface area contributed by atoms with Gasteiger partial charge in [-0.1, -0.05) is 51.4 Å². The average Bonchev–Trinajstić information content (AvgIpc) is 3.33. The van der Waals surface area contributed by atoms with Crippen molar-refractivity contribution in [1.82, 2.24) is 9.80 Å². The topological polar surface area (TPSA) is 113 Å². The molecule has 2 heterocycles. The third kappa shape index (κ3) is 4.51. The molecule has 1 aromatic rings. The smallest absolute Gasteiger partial charge is 0.411 e. The van der Waals surface area contributed by atoms with E-state index in [4.69, 9.17) is 22.1 Å². The van der Waals surface area contributed by atoms with Crippen molar-refractivity contribution in [3.8, 4) is 0 Å². The van der Waals surface area contributed by atoms with Crippen LogP contribution >= 0.6 is 11.6 Å². The molecule has 4 atom stereocenters. The number of halogens is 1. The van der Waals surface area contributed by atoms with E-state index in [1.54, 1.807) is 17.0 Å². The van der Waals surface area contributed by atoms with Gasteiger partial charge in [0.1, 0.15) is 11.6 Å². The Morgan fingerprint density at radius 1 is 1.17 bits per heavy atom. The molecule has 3 N–H and O–H groups in total. The van der Waals surface area contributed by atoms with Gasteiger partial charge in [0.15, 0.2) is 0 Å². The van der Waals surface area contributed by atoms with Crippen LogP contribution in [0.25, 0.3) is 0 Å². The minimum Gasteiger partial charge on any atom is -0.441 e. The molecule has 1 saturated carbocycles. The third-order valence-electron chi connectivity index (χ3n) is 8.27. The van der Waals surface area contributed by atoms with Crippen molar-refractivity contribution in [2.75, 3.05) is 19.6 Å². The lowest BCUT2D eigenvalue weighted by Gasteiger charge is -2.51. The maximum Gasteiger partial charge on any atom is 0.411 e. The molecule has 1 spiro atoms. The summed E-state index contributed by atoms with van der Waals surface area (Å²) >= 11 is 6.04. The first-order valence-electron chi connectivity index (χ1n) is 12.3. The summed E-state index contributed by atoms with van der Waals surface area (Å²) in [6, 6.07) is 6.50. The number of carbonyl (C=O) groups excluding carboxylic acids is 3. The fourth-order valence-corrected chi connectivity index (χ4v) is 6.29. The van der Waals surface area contributed by atoms with Crippen molar-refractivity contribution in [3.63, 3.8) is 0 Å². The Kier molecular flexibility index (Phi) is 6.60. The van der Waals surface area contributed by atoms with Gasteiger partial charge in [-0.15, -0.1) is 0 Å². The highest BCUT2D eigenvalue weighted by molar-refractivity contribution is 6.30. The minimum atomic E-state index is -1.12. The fourth-order valence-electron chi connectivity index (χ4n) is 6.17. The van der Waals surface area contributed by atoms with Crippen molar-refractivity contribution in [2.24, 2.45) is 23.0 Å². The van der Waals surface area contributed by atoms with Gasteiger partial charge >= 0.3 is 6.09 Å². The highest BCUT2D eigenvalue weighted by Crippen LogP contribution is 2.47. The molecule has 4 rings (SSSR count). The first kappa shape index (κ1) is 25.8. The van der Waals surface area contributed by atoms with Crippen LogP contribution in [0, 0.1) is 17.3 Å². The van der Waals surface area contributed by atoms with Crippen LogP contribution in [0.1, 0.15) is 58.9 Å². The summed E-state index contributed by atoms with van der Waals surface area (Å²) in [4.78, 5) is 41.7. The van der Waals surface area contributed by atoms with E-state index in [1.807, 2.05) is 39.8 Å². The van der Waals surface area contributed by atoms with E-state index in [1.165, 1.54) is 4.90 Å². The van der Waals surface area contributed by atoms with E-state index < -0.39 is 28.8 Å². The van der Waals surface area contributed by atoms with E-state index in [0.29, 0.717) is 43.8 Å². The normalized spacial score (nSPS) is 31.2. The van der Waals surface area contributed by atoms with E-state index in [0.717, 1.165) is 5.56 Å². The molecule has 1 aliphatic carbocycles. The molecule has 1 aromatic carbocycles. The highest BCUT2D eigenvalue weighted by Gasteiger charge is 2.55. The van der Waals surface area contributed by atoms with Crippen LogP contribution in [-0.4, -0.2) is 64.1 Å². The Labute approximate surface area is 211 Å². The largest absolute Gasteiger partial charge is 0.441 e. The molecular formula is C26H36ClN3O5. The third-order valence-corrected chi connectivity index (χ3v) is 8.52. The van der Waals surface area contributed by atoms with Gasteiger partial charge in [0.25, 0.3) is 0 Å². The van der Waals surface area contributed by atoms with Gasteiger partial charge < -0.3 is 20.5 Å². The van der Waals surface area contributed by atoms with E-state index in [2.05, 4.69) is 0 Å². The quantitative estimate of drug-likeness (QED) is 0.637. The van der Waals surface area contributed by atoms with Gasteiger partial charge in [-0.2, -0.15) is 0 Å². The van der Waals surface area contributed by atoms with Crippen molar-refractivity contribution in [1.29, 1.82) is 0 Å². The molecule has 3 aliphatic rings. The number of hydrogen-bond acceptors (Lipinski definition) is 5. The molecule has 8 nitrogen and oxygen atoms in total. The predicted molar refractivity (Wildman–Crippen MR) is 131 cm³/mol. The van der Waals surface area contributed by atoms with Gasteiger partial charge in [-0.3, -0.25) is 14.5 Å². The highest BCUT2D eigenvalue weighted by atomic mass is 35.5. The van der Waals surface area contributed by atoms with Crippen LogP contribution in [-0.2, 0) is 19.9 Å². The summed E-state index contributed by atoms with van der Waals surface area (Å²) in [7, 11) is 0. The van der Waals surface area contributed by atoms with Crippen LogP contribution in [0.3, 0.4) is 0 Å². The Morgan fingerprint density at radius 3 is 2.37 bits per heavy atom. The zero-order valence-corrected chi connectivity index (χ0v) is 21.7. The van der Waals surface area contributed by atoms with Crippen molar-refractivity contribution in [2.45, 2.75) is 70.6 Å². The lowest BCUT2D eigenvalue weighted by molar-refractivity contribution is -0.158. The Hall–Kier alpha value is -2.32. The molecule has 192 valence electrons. The Bertz CT molecular complexity index is 1010. The molecule has 2 aliphatic heterocycles. The fraction of sp³-hybridized carbons (Fsp3) is 0.654. The zero-order valence-electron chi connectivity index (χ0n) is 20.9. The van der Waals surface area contributed by atoms with Crippen molar-refractivity contribution < 1.29 is 24.2 Å². The number of hydrogen-bond donors (Lipinski definition) is 2. The molecule has 2 unspecified atom stereocenters. The molecule has 9 heteroatoms. The monoisotopic (exact) mass is 505 g/mol. The summed E-state index contributed by atoms with van der Waals surface area (Å²) < 4.78 is 5.77. The second kappa shape index (κ2) is 8.96. The number of rotatable bonds is 5. The number of nitrogens with two attached hydrogens (primary N) is 1. The van der Waals surface area contributed by atoms with Gasteiger partial charge in [0.2, 0.25) is 11.8 Å². The van der Waals surface area contributed by atoms with E-state index >= 15 is 0 Å². The Balaban J connectivity index is 1.52. The molecule has 0 radical (unpaired) electrons. The number of amides is 3. The summed E-state index contributed by atoms with van der Waals surface area (Å²) in [5, 5.41) is 12.3. The van der Waals surface area contributed by atoms with Gasteiger partial charge in [0, 0.05) is 35.9 Å². The lowest BCUT2D eigenvalue weighted by atomic mass is 9.66. The number of ether oxygens (including phenoxy) is 1. The molecule has 0 bridgehead atoms. The second-order valence-corrected chi connectivity index (χ2v) is 11.9. The Morgan fingerprint density at radius 2 is 1.83 bits per heavy atom. The number of nitrogens with zero attached hydrogens (tertiary/aromatic N) is 2. The average molecular weight is 506 g/mol. The van der Waals surface area contributed by atoms with E-state index in [-0.39, 0.29) is 30.2 Å². The van der Waals surface area contributed by atoms with Crippen molar-refractivity contribution in [3.05, 3.63) is 34.9 Å². The predicted octanol–water partition coefficient (Wildman–Crippen LogP) is 3.29. The van der Waals surface area contributed by atoms with Crippen LogP contribution in [0.5, 0.6) is 0 Å². The molecule has 2 saturated heterocycles. The lowest BCUT2D eigenvalue weighted by Crippen LogP contribution is -2.60. The number of primary amides is 1. The molecular weight excluding hydrogens is 470 g/mol. The first-order chi connectivity index (χ1) is 16.3. The maximum atomic E-state index is 13.8. The number of piperidine rings is 1. The first-order valence-corrected chi connectivity index (χ1v) is 12.7. The van der Waals surface area contributed by atoms with Gasteiger partial charge in [0.05, 0.1) is 12.1 Å². The number of aliphatic hydroxyl groups is 1. The number of likely N-dealkylation sites (tertiary alicyclic amines) is 1. The van der Waals surface area contributed by atoms with Crippen molar-refractivity contribution >= 4 is 29.5 Å². The van der Waals surface area contributed by atoms with E-state index in [9.17, 15) is 19.5 Å². The summed E-state index contributed by atoms with van der Waals surface area (Å²) in [5.41, 5.74) is 3.74. The molecule has 3 fully saturated rings. The number of carbonyl (C=O) groups is 3.